The molecule has 0 saturated carbocycles. The highest BCUT2D eigenvalue weighted by atomic mass is 14.9. The first kappa shape index (κ1) is 24.6. The molecule has 42 heavy (non-hydrogen) atoms. The van der Waals surface area contributed by atoms with Crippen LogP contribution in [0.1, 0.15) is 22.3 Å². The molecule has 0 N–H and O–H groups in total. The Hall–Kier alpha value is -6.48. The summed E-state index contributed by atoms with van der Waals surface area (Å²) >= 11 is 0. The fourth-order valence-corrected chi connectivity index (χ4v) is 6.13. The molecule has 2 aliphatic rings. The van der Waals surface area contributed by atoms with Crippen LogP contribution in [0, 0.1) is 35.8 Å². The lowest BCUT2D eigenvalue weighted by Gasteiger charge is -2.13. The summed E-state index contributed by atoms with van der Waals surface area (Å²) in [5.74, 6) is 1.17. The molecule has 7 rings (SSSR count). The standard InChI is InChI=1S/C34H16N8/c1-37-27(17-35)29-25-15-21-13-19(33-39-9-3-10-40-33)5-7-23(21)30(25)32(28(18-36)38-2)31-24-8-6-20(14-22(24)16-26(29)31)34-41-11-4-12-42-34/h3-14H,15-16H2. The van der Waals surface area contributed by atoms with Crippen molar-refractivity contribution in [2.75, 3.05) is 0 Å². The minimum absolute atomic E-state index is 0.00536. The van der Waals surface area contributed by atoms with E-state index >= 15 is 0 Å². The van der Waals surface area contributed by atoms with Gasteiger partial charge in [-0.2, -0.15) is 0 Å². The van der Waals surface area contributed by atoms with Crippen molar-refractivity contribution in [1.29, 1.82) is 10.5 Å². The fourth-order valence-electron chi connectivity index (χ4n) is 6.13. The first-order valence-corrected chi connectivity index (χ1v) is 13.0. The van der Waals surface area contributed by atoms with Crippen LogP contribution in [-0.2, 0) is 12.8 Å². The second-order valence-electron chi connectivity index (χ2n) is 9.84. The zero-order valence-corrected chi connectivity index (χ0v) is 21.9. The third-order valence-corrected chi connectivity index (χ3v) is 7.75. The molecule has 2 aromatic heterocycles. The van der Waals surface area contributed by atoms with Crippen molar-refractivity contribution < 1.29 is 0 Å². The van der Waals surface area contributed by atoms with E-state index in [-0.39, 0.29) is 11.4 Å². The van der Waals surface area contributed by atoms with Gasteiger partial charge in [-0.15, -0.1) is 0 Å². The van der Waals surface area contributed by atoms with Gasteiger partial charge in [-0.05, 0) is 86.8 Å². The minimum Gasteiger partial charge on any atom is -0.237 e. The van der Waals surface area contributed by atoms with Gasteiger partial charge in [0.1, 0.15) is 0 Å². The predicted octanol–water partition coefficient (Wildman–Crippen LogP) is 4.85. The predicted molar refractivity (Wildman–Crippen MR) is 155 cm³/mol. The number of nitriles is 2. The Morgan fingerprint density at radius 1 is 0.643 bits per heavy atom. The summed E-state index contributed by atoms with van der Waals surface area (Å²) in [7, 11) is 0. The molecule has 5 aromatic rings. The maximum Gasteiger partial charge on any atom is 0.270 e. The summed E-state index contributed by atoms with van der Waals surface area (Å²) in [6, 6.07) is 19.6. The Balaban J connectivity index is 1.59. The number of hydrogen-bond acceptors (Lipinski definition) is 6. The third kappa shape index (κ3) is 3.58. The van der Waals surface area contributed by atoms with Gasteiger partial charge in [-0.1, -0.05) is 24.3 Å². The average molecular weight is 537 g/mol. The molecule has 2 heterocycles. The van der Waals surface area contributed by atoms with Crippen LogP contribution in [0.15, 0.2) is 73.3 Å². The highest BCUT2D eigenvalue weighted by Gasteiger charge is 2.32. The van der Waals surface area contributed by atoms with Crippen LogP contribution in [0.3, 0.4) is 0 Å². The van der Waals surface area contributed by atoms with E-state index in [1.54, 1.807) is 36.9 Å². The Kier molecular flexibility index (Phi) is 5.62. The van der Waals surface area contributed by atoms with Crippen molar-refractivity contribution in [3.63, 3.8) is 0 Å². The van der Waals surface area contributed by atoms with Gasteiger partial charge in [-0.25, -0.2) is 40.1 Å². The summed E-state index contributed by atoms with van der Waals surface area (Å²) in [6.07, 6.45) is 7.63. The lowest BCUT2D eigenvalue weighted by molar-refractivity contribution is 1.15. The highest BCUT2D eigenvalue weighted by molar-refractivity contribution is 5.94. The summed E-state index contributed by atoms with van der Waals surface area (Å²) < 4.78 is 0. The van der Waals surface area contributed by atoms with E-state index < -0.39 is 0 Å². The first-order valence-electron chi connectivity index (χ1n) is 13.0. The fraction of sp³-hybridized carbons (Fsp3) is 0.0588. The number of nitrogens with zero attached hydrogens (tertiary/aromatic N) is 8. The molecular formula is C34H16N8. The smallest absolute Gasteiger partial charge is 0.237 e. The molecule has 0 amide bonds. The first-order chi connectivity index (χ1) is 20.7. The molecule has 0 unspecified atom stereocenters. The second-order valence-corrected chi connectivity index (χ2v) is 9.84. The molecule has 0 aliphatic heterocycles. The number of rotatable bonds is 2. The maximum absolute atomic E-state index is 10.2. The lowest BCUT2D eigenvalue weighted by Crippen LogP contribution is -2.25. The zero-order valence-electron chi connectivity index (χ0n) is 21.9. The molecule has 8 nitrogen and oxygen atoms in total. The van der Waals surface area contributed by atoms with Gasteiger partial charge in [0.25, 0.3) is 11.4 Å². The van der Waals surface area contributed by atoms with E-state index in [1.807, 2.05) is 36.4 Å². The largest absolute Gasteiger partial charge is 0.270 e. The molecule has 0 spiro atoms. The van der Waals surface area contributed by atoms with Crippen molar-refractivity contribution in [1.82, 2.24) is 19.9 Å². The van der Waals surface area contributed by atoms with E-state index in [9.17, 15) is 10.5 Å². The number of benzene rings is 3. The van der Waals surface area contributed by atoms with Crippen molar-refractivity contribution in [2.24, 2.45) is 0 Å². The van der Waals surface area contributed by atoms with Gasteiger partial charge in [0, 0.05) is 41.1 Å². The average Bonchev–Trinajstić information content (AvgIpc) is 3.61. The Morgan fingerprint density at radius 2 is 1.07 bits per heavy atom. The summed E-state index contributed by atoms with van der Waals surface area (Å²) in [5.41, 5.74) is 8.32. The summed E-state index contributed by atoms with van der Waals surface area (Å²) in [4.78, 5) is 24.8. The van der Waals surface area contributed by atoms with Crippen molar-refractivity contribution in [3.05, 3.63) is 129 Å². The molecule has 192 valence electrons. The van der Waals surface area contributed by atoms with Crippen LogP contribution >= 0.6 is 0 Å². The second kappa shape index (κ2) is 9.61. The van der Waals surface area contributed by atoms with E-state index in [0.717, 1.165) is 55.6 Å². The normalized spacial score (nSPS) is 11.5. The number of aromatic nitrogens is 4. The SMILES string of the molecule is [C-]#[N+]C(C#N)=c1c2c(c(=C(C#N)[N+]#[C-])c3c1Cc1cc(-c4ncccn4)ccc1-3)-c1ccc(-c3ncccn3)cc1C2. The maximum atomic E-state index is 10.2. The van der Waals surface area contributed by atoms with Gasteiger partial charge >= 0.3 is 0 Å². The topological polar surface area (TPSA) is 108 Å². The molecule has 0 saturated heterocycles. The molecule has 0 fully saturated rings. The molecule has 0 atom stereocenters. The summed E-state index contributed by atoms with van der Waals surface area (Å²) in [5, 5.41) is 21.4. The van der Waals surface area contributed by atoms with Crippen LogP contribution in [0.4, 0.5) is 0 Å². The Morgan fingerprint density at radius 3 is 1.48 bits per heavy atom. The number of hydrogen-bond donors (Lipinski definition) is 0. The van der Waals surface area contributed by atoms with Crippen LogP contribution in [0.2, 0.25) is 0 Å². The molecule has 0 radical (unpaired) electrons. The van der Waals surface area contributed by atoms with Gasteiger partial charge in [0.15, 0.2) is 11.6 Å². The van der Waals surface area contributed by atoms with Crippen LogP contribution in [0.5, 0.6) is 0 Å². The van der Waals surface area contributed by atoms with E-state index in [0.29, 0.717) is 34.9 Å². The van der Waals surface area contributed by atoms with E-state index in [4.69, 9.17) is 13.1 Å². The third-order valence-electron chi connectivity index (χ3n) is 7.75. The van der Waals surface area contributed by atoms with Crippen LogP contribution in [-0.4, -0.2) is 19.9 Å². The lowest BCUT2D eigenvalue weighted by atomic mass is 9.90. The Bertz CT molecular complexity index is 2120. The quantitative estimate of drug-likeness (QED) is 0.293. The number of fused-ring (bicyclic) bond motifs is 6. The zero-order chi connectivity index (χ0) is 28.8. The molecule has 3 aromatic carbocycles. The van der Waals surface area contributed by atoms with Crippen molar-refractivity contribution in [3.8, 4) is 57.2 Å². The van der Waals surface area contributed by atoms with Gasteiger partial charge < -0.3 is 0 Å². The highest BCUT2D eigenvalue weighted by Crippen LogP contribution is 2.42. The molecule has 0 bridgehead atoms. The van der Waals surface area contributed by atoms with E-state index in [2.05, 4.69) is 41.8 Å². The Labute approximate surface area is 240 Å². The molecule has 2 aliphatic carbocycles. The van der Waals surface area contributed by atoms with Gasteiger partial charge in [-0.3, -0.25) is 0 Å². The van der Waals surface area contributed by atoms with Crippen molar-refractivity contribution in [2.45, 2.75) is 12.8 Å². The van der Waals surface area contributed by atoms with Gasteiger partial charge in [0.2, 0.25) is 0 Å². The van der Waals surface area contributed by atoms with E-state index in [1.165, 1.54) is 0 Å². The van der Waals surface area contributed by atoms with Crippen LogP contribution in [0.25, 0.3) is 66.1 Å². The van der Waals surface area contributed by atoms with Gasteiger partial charge in [0.05, 0.1) is 25.3 Å². The molecule has 8 heteroatoms. The molecular weight excluding hydrogens is 520 g/mol. The van der Waals surface area contributed by atoms with Crippen molar-refractivity contribution >= 4 is 11.4 Å². The van der Waals surface area contributed by atoms with Crippen LogP contribution < -0.4 is 10.4 Å². The minimum atomic E-state index is -0.0259. The summed E-state index contributed by atoms with van der Waals surface area (Å²) in [6.45, 7) is 15.8. The monoisotopic (exact) mass is 536 g/mol.